The summed E-state index contributed by atoms with van der Waals surface area (Å²) in [5.41, 5.74) is 1.70. The largest absolute Gasteiger partial charge is 0.455 e. The van der Waals surface area contributed by atoms with Gasteiger partial charge in [0, 0.05) is 0 Å². The number of aliphatic imine (C=N–C) groups is 1. The third-order valence-corrected chi connectivity index (χ3v) is 3.32. The first-order valence-electron chi connectivity index (χ1n) is 6.35. The van der Waals surface area contributed by atoms with Crippen molar-refractivity contribution in [1.82, 2.24) is 5.32 Å². The van der Waals surface area contributed by atoms with Gasteiger partial charge in [-0.2, -0.15) is 5.26 Å². The molecule has 0 atom stereocenters. The molecule has 106 valence electrons. The fourth-order valence-corrected chi connectivity index (χ4v) is 2.08. The molecule has 0 aliphatic carbocycles. The second-order valence-corrected chi connectivity index (χ2v) is 4.99. The number of nitriles is 1. The predicted molar refractivity (Wildman–Crippen MR) is 87.1 cm³/mol. The Morgan fingerprint density at radius 2 is 1.95 bits per heavy atom. The number of nitrogens with zero attached hydrogens (tertiary/aromatic N) is 2. The minimum Gasteiger partial charge on any atom is -0.455 e. The average Bonchev–Trinajstić information content (AvgIpc) is 2.51. The second kappa shape index (κ2) is 7.36. The Morgan fingerprint density at radius 1 is 1.19 bits per heavy atom. The van der Waals surface area contributed by atoms with Crippen LogP contribution in [0.2, 0.25) is 0 Å². The molecule has 0 unspecified atom stereocenters. The number of para-hydroxylation sites is 2. The molecule has 0 aliphatic rings. The van der Waals surface area contributed by atoms with E-state index >= 15 is 0 Å². The van der Waals surface area contributed by atoms with Gasteiger partial charge in [0.05, 0.1) is 0 Å². The van der Waals surface area contributed by atoms with Gasteiger partial charge in [-0.3, -0.25) is 5.32 Å². The topological polar surface area (TPSA) is 57.4 Å². The van der Waals surface area contributed by atoms with Gasteiger partial charge in [0.15, 0.2) is 17.1 Å². The van der Waals surface area contributed by atoms with Gasteiger partial charge < -0.3 is 4.74 Å². The van der Waals surface area contributed by atoms with Crippen LogP contribution >= 0.6 is 11.8 Å². The number of amidine groups is 1. The van der Waals surface area contributed by atoms with Crippen LogP contribution in [0.5, 0.6) is 11.5 Å². The Morgan fingerprint density at radius 3 is 2.62 bits per heavy atom. The fraction of sp³-hybridized carbons (Fsp3) is 0.125. The molecule has 0 heterocycles. The van der Waals surface area contributed by atoms with Gasteiger partial charge in [0.25, 0.3) is 0 Å². The van der Waals surface area contributed by atoms with Crippen LogP contribution in [0.3, 0.4) is 0 Å². The van der Waals surface area contributed by atoms with Crippen molar-refractivity contribution < 1.29 is 4.74 Å². The quantitative estimate of drug-likeness (QED) is 0.399. The van der Waals surface area contributed by atoms with Crippen molar-refractivity contribution in [1.29, 1.82) is 5.26 Å². The summed E-state index contributed by atoms with van der Waals surface area (Å²) >= 11 is 1.37. The maximum atomic E-state index is 8.73. The van der Waals surface area contributed by atoms with Gasteiger partial charge in [-0.1, -0.05) is 42.1 Å². The lowest BCUT2D eigenvalue weighted by molar-refractivity contribution is 0.484. The lowest BCUT2D eigenvalue weighted by Gasteiger charge is -2.11. The van der Waals surface area contributed by atoms with Crippen molar-refractivity contribution in [3.63, 3.8) is 0 Å². The normalized spacial score (nSPS) is 10.8. The van der Waals surface area contributed by atoms with Crippen molar-refractivity contribution in [2.45, 2.75) is 6.92 Å². The fourth-order valence-electron chi connectivity index (χ4n) is 1.75. The van der Waals surface area contributed by atoms with E-state index in [1.165, 1.54) is 11.8 Å². The molecule has 0 amide bonds. The zero-order valence-electron chi connectivity index (χ0n) is 11.8. The molecule has 0 saturated carbocycles. The highest BCUT2D eigenvalue weighted by Crippen LogP contribution is 2.35. The number of nitrogens with one attached hydrogen (secondary N) is 1. The Labute approximate surface area is 128 Å². The summed E-state index contributed by atoms with van der Waals surface area (Å²) in [5, 5.41) is 11.8. The number of thioether (sulfide) groups is 1. The summed E-state index contributed by atoms with van der Waals surface area (Å²) in [6, 6.07) is 15.3. The molecule has 0 aliphatic heterocycles. The molecule has 1 N–H and O–H groups in total. The number of ether oxygens (including phenoxy) is 1. The molecule has 0 radical (unpaired) electrons. The molecule has 4 nitrogen and oxygen atoms in total. The van der Waals surface area contributed by atoms with E-state index in [-0.39, 0.29) is 0 Å². The minimum absolute atomic E-state index is 0.532. The molecule has 0 aromatic heterocycles. The molecular formula is C16H15N3OS. The van der Waals surface area contributed by atoms with Gasteiger partial charge in [-0.15, -0.1) is 0 Å². The lowest BCUT2D eigenvalue weighted by atomic mass is 10.2. The van der Waals surface area contributed by atoms with E-state index in [2.05, 4.69) is 10.3 Å². The Balaban J connectivity index is 2.39. The Hall–Kier alpha value is -2.45. The summed E-state index contributed by atoms with van der Waals surface area (Å²) in [6.07, 6.45) is 3.75. The van der Waals surface area contributed by atoms with Gasteiger partial charge in [0.1, 0.15) is 11.4 Å². The third kappa shape index (κ3) is 4.01. The number of aryl methyl sites for hydroxylation is 1. The SMILES string of the molecule is CSC(=Nc1c(C)cccc1Oc1ccccc1)NC#N. The molecule has 2 rings (SSSR count). The number of hydrogen-bond donors (Lipinski definition) is 1. The van der Waals surface area contributed by atoms with Crippen LogP contribution < -0.4 is 10.1 Å². The summed E-state index contributed by atoms with van der Waals surface area (Å²) in [7, 11) is 0. The maximum Gasteiger partial charge on any atom is 0.183 e. The highest BCUT2D eigenvalue weighted by molar-refractivity contribution is 8.13. The van der Waals surface area contributed by atoms with E-state index in [0.717, 1.165) is 11.3 Å². The molecular weight excluding hydrogens is 282 g/mol. The average molecular weight is 297 g/mol. The molecule has 2 aromatic rings. The van der Waals surface area contributed by atoms with Crippen LogP contribution in [-0.2, 0) is 0 Å². The summed E-state index contributed by atoms with van der Waals surface area (Å²) in [6.45, 7) is 1.96. The smallest absolute Gasteiger partial charge is 0.183 e. The van der Waals surface area contributed by atoms with Crippen LogP contribution in [0.15, 0.2) is 53.5 Å². The number of hydrogen-bond acceptors (Lipinski definition) is 4. The van der Waals surface area contributed by atoms with E-state index < -0.39 is 0 Å². The van der Waals surface area contributed by atoms with Crippen molar-refractivity contribution in [2.24, 2.45) is 4.99 Å². The van der Waals surface area contributed by atoms with Crippen LogP contribution in [-0.4, -0.2) is 11.4 Å². The molecule has 0 bridgehead atoms. The second-order valence-electron chi connectivity index (χ2n) is 4.19. The van der Waals surface area contributed by atoms with Crippen LogP contribution in [0.1, 0.15) is 5.56 Å². The van der Waals surface area contributed by atoms with E-state index in [9.17, 15) is 0 Å². The van der Waals surface area contributed by atoms with Crippen molar-refractivity contribution in [3.8, 4) is 17.7 Å². The monoisotopic (exact) mass is 297 g/mol. The van der Waals surface area contributed by atoms with Gasteiger partial charge in [-0.05, 0) is 36.9 Å². The Bertz CT molecular complexity index is 678. The van der Waals surface area contributed by atoms with E-state index in [1.54, 1.807) is 0 Å². The molecule has 0 fully saturated rings. The maximum absolute atomic E-state index is 8.73. The zero-order chi connectivity index (χ0) is 15.1. The van der Waals surface area contributed by atoms with Gasteiger partial charge >= 0.3 is 0 Å². The van der Waals surface area contributed by atoms with E-state index in [1.807, 2.05) is 67.9 Å². The van der Waals surface area contributed by atoms with Crippen molar-refractivity contribution in [2.75, 3.05) is 6.26 Å². The van der Waals surface area contributed by atoms with Gasteiger partial charge in [-0.25, -0.2) is 4.99 Å². The molecule has 21 heavy (non-hydrogen) atoms. The van der Waals surface area contributed by atoms with Crippen molar-refractivity contribution >= 4 is 22.6 Å². The molecule has 0 saturated heterocycles. The highest BCUT2D eigenvalue weighted by atomic mass is 32.2. The summed E-state index contributed by atoms with van der Waals surface area (Å²) in [5.74, 6) is 1.41. The van der Waals surface area contributed by atoms with Crippen molar-refractivity contribution in [3.05, 3.63) is 54.1 Å². The highest BCUT2D eigenvalue weighted by Gasteiger charge is 2.08. The molecule has 2 aromatic carbocycles. The van der Waals surface area contributed by atoms with E-state index in [4.69, 9.17) is 10.00 Å². The minimum atomic E-state index is 0.532. The Kier molecular flexibility index (Phi) is 5.24. The van der Waals surface area contributed by atoms with Gasteiger partial charge in [0.2, 0.25) is 0 Å². The van der Waals surface area contributed by atoms with Crippen LogP contribution in [0, 0.1) is 18.4 Å². The first-order chi connectivity index (χ1) is 10.2. The van der Waals surface area contributed by atoms with E-state index in [0.29, 0.717) is 16.6 Å². The first kappa shape index (κ1) is 14.9. The summed E-state index contributed by atoms with van der Waals surface area (Å²) in [4.78, 5) is 4.48. The molecule has 0 spiro atoms. The van der Waals surface area contributed by atoms with Crippen LogP contribution in [0.4, 0.5) is 5.69 Å². The predicted octanol–water partition coefficient (Wildman–Crippen LogP) is 4.21. The number of benzene rings is 2. The zero-order valence-corrected chi connectivity index (χ0v) is 12.6. The number of rotatable bonds is 3. The first-order valence-corrected chi connectivity index (χ1v) is 7.57. The lowest BCUT2D eigenvalue weighted by Crippen LogP contribution is -2.12. The molecule has 5 heteroatoms. The third-order valence-electron chi connectivity index (χ3n) is 2.74. The summed E-state index contributed by atoms with van der Waals surface area (Å²) < 4.78 is 5.89. The standard InChI is InChI=1S/C16H15N3OS/c1-12-7-6-10-14(20-13-8-4-3-5-9-13)15(12)19-16(21-2)18-11-17/h3-10H,1-2H3,(H,18,19). The van der Waals surface area contributed by atoms with Crippen LogP contribution in [0.25, 0.3) is 0 Å².